The number of aliphatic carboxylic acids is 1. The van der Waals surface area contributed by atoms with E-state index in [4.69, 9.17) is 5.73 Å². The van der Waals surface area contributed by atoms with Gasteiger partial charge in [-0.1, -0.05) is 0 Å². The van der Waals surface area contributed by atoms with Crippen molar-refractivity contribution >= 4 is 23.6 Å². The first-order chi connectivity index (χ1) is 8.40. The van der Waals surface area contributed by atoms with Gasteiger partial charge in [0.25, 0.3) is 0 Å². The van der Waals surface area contributed by atoms with Gasteiger partial charge in [-0.15, -0.1) is 11.8 Å². The van der Waals surface area contributed by atoms with Crippen molar-refractivity contribution < 1.29 is 19.8 Å². The fourth-order valence-electron chi connectivity index (χ4n) is 2.70. The second-order valence-electron chi connectivity index (χ2n) is 4.58. The Morgan fingerprint density at radius 1 is 1.61 bits per heavy atom. The Labute approximate surface area is 109 Å². The van der Waals surface area contributed by atoms with Gasteiger partial charge < -0.3 is 20.8 Å². The normalized spacial score (nSPS) is 30.0. The monoisotopic (exact) mass is 272 g/mol. The lowest BCUT2D eigenvalue weighted by Gasteiger charge is -2.44. The van der Waals surface area contributed by atoms with Gasteiger partial charge in [-0.3, -0.25) is 4.79 Å². The predicted octanol–water partition coefficient (Wildman–Crippen LogP) is -0.416. The molecule has 0 aromatic rings. The highest BCUT2D eigenvalue weighted by molar-refractivity contribution is 7.99. The maximum absolute atomic E-state index is 11.9. The molecule has 0 aliphatic carbocycles. The van der Waals surface area contributed by atoms with Crippen molar-refractivity contribution in [1.82, 2.24) is 4.90 Å². The molecule has 0 aromatic carbocycles. The Kier molecular flexibility index (Phi) is 3.39. The Morgan fingerprint density at radius 3 is 2.67 bits per heavy atom. The molecule has 1 fully saturated rings. The van der Waals surface area contributed by atoms with Crippen LogP contribution in [-0.4, -0.2) is 50.8 Å². The summed E-state index contributed by atoms with van der Waals surface area (Å²) in [6.07, 6.45) is 1.46. The van der Waals surface area contributed by atoms with Crippen molar-refractivity contribution in [1.29, 1.82) is 0 Å². The van der Waals surface area contributed by atoms with Crippen LogP contribution < -0.4 is 5.73 Å². The molecule has 0 radical (unpaired) electrons. The van der Waals surface area contributed by atoms with E-state index < -0.39 is 23.4 Å². The standard InChI is InChI=1S/C11H16N2O4S/c1-4(14)7-6-3-5(9(12)18-2)8(11(16)17)13(6)10(7)15/h4,6-7,9,14H,3,12H2,1-2H3,(H,16,17). The number of carbonyl (C=O) groups excluding carboxylic acids is 1. The quantitative estimate of drug-likeness (QED) is 0.474. The Balaban J connectivity index is 2.33. The van der Waals surface area contributed by atoms with Gasteiger partial charge in [-0.05, 0) is 25.2 Å². The molecule has 0 aromatic heterocycles. The van der Waals surface area contributed by atoms with Crippen LogP contribution >= 0.6 is 11.8 Å². The number of hydrogen-bond donors (Lipinski definition) is 3. The van der Waals surface area contributed by atoms with Gasteiger partial charge >= 0.3 is 5.97 Å². The van der Waals surface area contributed by atoms with Crippen LogP contribution in [-0.2, 0) is 9.59 Å². The maximum Gasteiger partial charge on any atom is 0.352 e. The minimum atomic E-state index is -1.13. The number of nitrogens with two attached hydrogens (primary N) is 1. The molecule has 0 spiro atoms. The van der Waals surface area contributed by atoms with E-state index in [0.29, 0.717) is 12.0 Å². The first-order valence-electron chi connectivity index (χ1n) is 5.66. The number of amides is 1. The number of thioether (sulfide) groups is 1. The first-order valence-corrected chi connectivity index (χ1v) is 6.94. The second kappa shape index (κ2) is 4.56. The summed E-state index contributed by atoms with van der Waals surface area (Å²) in [5.74, 6) is -1.96. The summed E-state index contributed by atoms with van der Waals surface area (Å²) >= 11 is 1.34. The summed E-state index contributed by atoms with van der Waals surface area (Å²) < 4.78 is 0. The molecule has 2 aliphatic rings. The number of rotatable bonds is 4. The van der Waals surface area contributed by atoms with Gasteiger partial charge in [0.15, 0.2) is 0 Å². The fraction of sp³-hybridized carbons (Fsp3) is 0.636. The number of nitrogens with zero attached hydrogens (tertiary/aromatic N) is 1. The van der Waals surface area contributed by atoms with Crippen LogP contribution in [0.3, 0.4) is 0 Å². The first kappa shape index (κ1) is 13.4. The van der Waals surface area contributed by atoms with Gasteiger partial charge in [0.1, 0.15) is 5.70 Å². The summed E-state index contributed by atoms with van der Waals surface area (Å²) in [6, 6.07) is -0.253. The van der Waals surface area contributed by atoms with Crippen molar-refractivity contribution in [2.45, 2.75) is 30.9 Å². The predicted molar refractivity (Wildman–Crippen MR) is 66.6 cm³/mol. The number of hydrogen-bond acceptors (Lipinski definition) is 5. The molecule has 1 amide bonds. The van der Waals surface area contributed by atoms with Crippen LogP contribution in [0.25, 0.3) is 0 Å². The SMILES string of the molecule is CSC(N)C1=C(C(=O)O)N2C(=O)C(C(C)O)C2C1. The zero-order valence-corrected chi connectivity index (χ0v) is 11.0. The van der Waals surface area contributed by atoms with Crippen molar-refractivity contribution in [2.24, 2.45) is 11.7 Å². The average Bonchev–Trinajstić information content (AvgIpc) is 2.62. The molecule has 4 atom stereocenters. The molecule has 4 N–H and O–H groups in total. The second-order valence-corrected chi connectivity index (χ2v) is 5.56. The van der Waals surface area contributed by atoms with Crippen LogP contribution in [0.5, 0.6) is 0 Å². The molecule has 2 aliphatic heterocycles. The molecule has 18 heavy (non-hydrogen) atoms. The van der Waals surface area contributed by atoms with E-state index in [1.54, 1.807) is 13.2 Å². The van der Waals surface area contributed by atoms with Crippen molar-refractivity contribution in [3.63, 3.8) is 0 Å². The topological polar surface area (TPSA) is 104 Å². The lowest BCUT2D eigenvalue weighted by atomic mass is 9.83. The van der Waals surface area contributed by atoms with E-state index in [0.717, 1.165) is 0 Å². The molecule has 6 nitrogen and oxygen atoms in total. The van der Waals surface area contributed by atoms with Crippen molar-refractivity contribution in [3.8, 4) is 0 Å². The van der Waals surface area contributed by atoms with Gasteiger partial charge in [0, 0.05) is 0 Å². The van der Waals surface area contributed by atoms with Crippen molar-refractivity contribution in [2.75, 3.05) is 6.26 Å². The maximum atomic E-state index is 11.9. The molecular weight excluding hydrogens is 256 g/mol. The summed E-state index contributed by atoms with van der Waals surface area (Å²) in [6.45, 7) is 1.55. The number of carboxylic acids is 1. The van der Waals surface area contributed by atoms with E-state index in [1.807, 2.05) is 0 Å². The molecule has 2 heterocycles. The number of aliphatic hydroxyl groups excluding tert-OH is 1. The minimum absolute atomic E-state index is 0.00347. The van der Waals surface area contributed by atoms with Crippen LogP contribution in [0.1, 0.15) is 13.3 Å². The number of aliphatic hydroxyl groups is 1. The Hall–Kier alpha value is -1.05. The summed E-state index contributed by atoms with van der Waals surface area (Å²) in [5.41, 5.74) is 6.45. The molecule has 0 bridgehead atoms. The summed E-state index contributed by atoms with van der Waals surface area (Å²) in [7, 11) is 0. The third-order valence-corrected chi connectivity index (χ3v) is 4.35. The summed E-state index contributed by atoms with van der Waals surface area (Å²) in [4.78, 5) is 24.4. The smallest absolute Gasteiger partial charge is 0.352 e. The van der Waals surface area contributed by atoms with E-state index in [-0.39, 0.29) is 17.6 Å². The zero-order valence-electron chi connectivity index (χ0n) is 10.2. The molecule has 2 rings (SSSR count). The highest BCUT2D eigenvalue weighted by Gasteiger charge is 2.57. The van der Waals surface area contributed by atoms with Crippen LogP contribution in [0.2, 0.25) is 0 Å². The number of carboxylic acid groups (broad SMARTS) is 1. The van der Waals surface area contributed by atoms with E-state index >= 15 is 0 Å². The van der Waals surface area contributed by atoms with Gasteiger partial charge in [0.05, 0.1) is 23.4 Å². The molecule has 7 heteroatoms. The number of fused-ring (bicyclic) bond motifs is 1. The van der Waals surface area contributed by atoms with E-state index in [2.05, 4.69) is 0 Å². The fourth-order valence-corrected chi connectivity index (χ4v) is 3.19. The number of carbonyl (C=O) groups is 2. The van der Waals surface area contributed by atoms with Crippen LogP contribution in [0, 0.1) is 5.92 Å². The lowest BCUT2D eigenvalue weighted by Crippen LogP contribution is -2.61. The Morgan fingerprint density at radius 2 is 2.22 bits per heavy atom. The summed E-state index contributed by atoms with van der Waals surface area (Å²) in [5, 5.41) is 18.3. The molecule has 4 unspecified atom stereocenters. The van der Waals surface area contributed by atoms with Crippen molar-refractivity contribution in [3.05, 3.63) is 11.3 Å². The van der Waals surface area contributed by atoms with E-state index in [9.17, 15) is 19.8 Å². The highest BCUT2D eigenvalue weighted by Crippen LogP contribution is 2.45. The number of β-lactam (4-membered cyclic amide) rings is 1. The van der Waals surface area contributed by atoms with Gasteiger partial charge in [-0.2, -0.15) is 0 Å². The molecule has 100 valence electrons. The van der Waals surface area contributed by atoms with Crippen LogP contribution in [0.15, 0.2) is 11.3 Å². The largest absolute Gasteiger partial charge is 0.477 e. The lowest BCUT2D eigenvalue weighted by molar-refractivity contribution is -0.161. The molecule has 1 saturated heterocycles. The molecule has 0 saturated carbocycles. The third-order valence-electron chi connectivity index (χ3n) is 3.56. The highest BCUT2D eigenvalue weighted by atomic mass is 32.2. The molecular formula is C11H16N2O4S. The van der Waals surface area contributed by atoms with Gasteiger partial charge in [0.2, 0.25) is 5.91 Å². The average molecular weight is 272 g/mol. The van der Waals surface area contributed by atoms with Gasteiger partial charge in [-0.25, -0.2) is 4.79 Å². The van der Waals surface area contributed by atoms with E-state index in [1.165, 1.54) is 16.7 Å². The minimum Gasteiger partial charge on any atom is -0.477 e. The third kappa shape index (κ3) is 1.73. The Bertz CT molecular complexity index is 435. The van der Waals surface area contributed by atoms with Crippen LogP contribution in [0.4, 0.5) is 0 Å². The zero-order chi connectivity index (χ0) is 13.6.